The SMILES string of the molecule is CC(C)c1cccc(NC(N)=NCc2cccc(N3CCC3=O)c2)c1.I. The normalized spacial score (nSPS) is 14.0. The predicted octanol–water partition coefficient (Wildman–Crippen LogP) is 4.09. The maximum atomic E-state index is 11.6. The number of benzene rings is 2. The van der Waals surface area contributed by atoms with Crippen molar-refractivity contribution in [2.24, 2.45) is 10.7 Å². The monoisotopic (exact) mass is 464 g/mol. The molecule has 1 saturated heterocycles. The number of hydrogen-bond donors (Lipinski definition) is 2. The van der Waals surface area contributed by atoms with Crippen LogP contribution < -0.4 is 16.0 Å². The molecule has 6 heteroatoms. The average molecular weight is 464 g/mol. The molecule has 0 spiro atoms. The summed E-state index contributed by atoms with van der Waals surface area (Å²) in [6, 6.07) is 16.1. The number of nitrogens with two attached hydrogens (primary N) is 1. The minimum absolute atomic E-state index is 0. The Balaban J connectivity index is 0.00000243. The van der Waals surface area contributed by atoms with Gasteiger partial charge >= 0.3 is 0 Å². The van der Waals surface area contributed by atoms with Gasteiger partial charge in [0.25, 0.3) is 0 Å². The zero-order valence-corrected chi connectivity index (χ0v) is 17.4. The number of nitrogens with one attached hydrogen (secondary N) is 1. The number of nitrogens with zero attached hydrogens (tertiary/aromatic N) is 2. The van der Waals surface area contributed by atoms with Gasteiger partial charge in [-0.05, 0) is 41.3 Å². The van der Waals surface area contributed by atoms with Crippen LogP contribution in [0.2, 0.25) is 0 Å². The quantitative estimate of drug-likeness (QED) is 0.303. The van der Waals surface area contributed by atoms with Crippen molar-refractivity contribution in [1.82, 2.24) is 0 Å². The van der Waals surface area contributed by atoms with Crippen molar-refractivity contribution < 1.29 is 4.79 Å². The van der Waals surface area contributed by atoms with Gasteiger partial charge in [-0.1, -0.05) is 38.1 Å². The molecule has 1 fully saturated rings. The van der Waals surface area contributed by atoms with E-state index < -0.39 is 0 Å². The molecule has 26 heavy (non-hydrogen) atoms. The molecule has 0 saturated carbocycles. The number of carbonyl (C=O) groups excluding carboxylic acids is 1. The molecule has 0 aliphatic carbocycles. The molecule has 1 amide bonds. The fraction of sp³-hybridized carbons (Fsp3) is 0.300. The summed E-state index contributed by atoms with van der Waals surface area (Å²) in [5, 5.41) is 3.14. The van der Waals surface area contributed by atoms with E-state index in [1.54, 1.807) is 4.90 Å². The van der Waals surface area contributed by atoms with Crippen molar-refractivity contribution >= 4 is 47.2 Å². The number of rotatable bonds is 5. The van der Waals surface area contributed by atoms with Crippen LogP contribution in [0, 0.1) is 0 Å². The lowest BCUT2D eigenvalue weighted by atomic mass is 10.0. The first-order valence-corrected chi connectivity index (χ1v) is 8.59. The lowest BCUT2D eigenvalue weighted by molar-refractivity contribution is -0.122. The van der Waals surface area contributed by atoms with Gasteiger partial charge in [-0.15, -0.1) is 24.0 Å². The second kappa shape index (κ2) is 9.02. The van der Waals surface area contributed by atoms with Gasteiger partial charge in [0.05, 0.1) is 6.54 Å². The van der Waals surface area contributed by atoms with Gasteiger partial charge < -0.3 is 16.0 Å². The third kappa shape index (κ3) is 4.97. The summed E-state index contributed by atoms with van der Waals surface area (Å²) < 4.78 is 0. The fourth-order valence-corrected chi connectivity index (χ4v) is 2.75. The van der Waals surface area contributed by atoms with E-state index in [4.69, 9.17) is 5.73 Å². The molecule has 2 aromatic carbocycles. The molecule has 3 rings (SSSR count). The summed E-state index contributed by atoms with van der Waals surface area (Å²) in [5.74, 6) is 1.02. The summed E-state index contributed by atoms with van der Waals surface area (Å²) in [7, 11) is 0. The zero-order chi connectivity index (χ0) is 17.8. The van der Waals surface area contributed by atoms with Crippen molar-refractivity contribution in [2.45, 2.75) is 32.7 Å². The molecule has 1 heterocycles. The molecule has 2 aromatic rings. The molecule has 0 bridgehead atoms. The van der Waals surface area contributed by atoms with Gasteiger partial charge in [-0.25, -0.2) is 4.99 Å². The molecular weight excluding hydrogens is 439 g/mol. The largest absolute Gasteiger partial charge is 0.370 e. The molecule has 3 N–H and O–H groups in total. The van der Waals surface area contributed by atoms with E-state index in [1.807, 2.05) is 36.4 Å². The van der Waals surface area contributed by atoms with E-state index in [1.165, 1.54) is 5.56 Å². The number of hydrogen-bond acceptors (Lipinski definition) is 2. The van der Waals surface area contributed by atoms with Crippen molar-refractivity contribution in [2.75, 3.05) is 16.8 Å². The van der Waals surface area contributed by atoms with Crippen molar-refractivity contribution in [1.29, 1.82) is 0 Å². The number of aliphatic imine (C=N–C) groups is 1. The standard InChI is InChI=1S/C20H24N4O.HI/c1-14(2)16-6-4-7-17(12-16)23-20(21)22-13-15-5-3-8-18(11-15)24-10-9-19(24)25;/h3-8,11-12,14H,9-10,13H2,1-2H3,(H3,21,22,23);1H. The van der Waals surface area contributed by atoms with Crippen LogP contribution in [0.5, 0.6) is 0 Å². The highest BCUT2D eigenvalue weighted by Gasteiger charge is 2.24. The van der Waals surface area contributed by atoms with E-state index in [0.29, 0.717) is 24.8 Å². The Labute approximate surface area is 171 Å². The highest BCUT2D eigenvalue weighted by atomic mass is 127. The maximum absolute atomic E-state index is 11.6. The van der Waals surface area contributed by atoms with Gasteiger partial charge in [0, 0.05) is 24.3 Å². The Kier molecular flexibility index (Phi) is 7.02. The van der Waals surface area contributed by atoms with Gasteiger partial charge in [0.15, 0.2) is 5.96 Å². The van der Waals surface area contributed by atoms with E-state index in [-0.39, 0.29) is 29.9 Å². The average Bonchev–Trinajstić information content (AvgIpc) is 2.59. The molecule has 0 unspecified atom stereocenters. The second-order valence-corrected chi connectivity index (χ2v) is 6.57. The third-order valence-electron chi connectivity index (χ3n) is 4.33. The van der Waals surface area contributed by atoms with Crippen LogP contribution in [0.25, 0.3) is 0 Å². The number of carbonyl (C=O) groups is 1. The van der Waals surface area contributed by atoms with Crippen LogP contribution in [0.3, 0.4) is 0 Å². The Hall–Kier alpha value is -2.09. The molecule has 0 radical (unpaired) electrons. The summed E-state index contributed by atoms with van der Waals surface area (Å²) in [6.45, 7) is 5.58. The summed E-state index contributed by atoms with van der Waals surface area (Å²) >= 11 is 0. The Morgan fingerprint density at radius 3 is 2.65 bits per heavy atom. The topological polar surface area (TPSA) is 70.7 Å². The van der Waals surface area contributed by atoms with Gasteiger partial charge in [0.1, 0.15) is 0 Å². The number of guanidine groups is 1. The minimum atomic E-state index is 0. The molecule has 1 aliphatic rings. The van der Waals surface area contributed by atoms with E-state index >= 15 is 0 Å². The number of β-lactam (4-membered cyclic amide) rings is 1. The van der Waals surface area contributed by atoms with Crippen LogP contribution in [-0.2, 0) is 11.3 Å². The van der Waals surface area contributed by atoms with Crippen molar-refractivity contribution in [3.63, 3.8) is 0 Å². The van der Waals surface area contributed by atoms with Gasteiger partial charge in [-0.2, -0.15) is 0 Å². The van der Waals surface area contributed by atoms with E-state index in [2.05, 4.69) is 36.3 Å². The first-order chi connectivity index (χ1) is 12.0. The van der Waals surface area contributed by atoms with E-state index in [0.717, 1.165) is 23.5 Å². The highest BCUT2D eigenvalue weighted by molar-refractivity contribution is 14.0. The molecule has 0 aromatic heterocycles. The van der Waals surface area contributed by atoms with Crippen LogP contribution in [0.15, 0.2) is 53.5 Å². The van der Waals surface area contributed by atoms with Crippen molar-refractivity contribution in [3.8, 4) is 0 Å². The molecule has 138 valence electrons. The Morgan fingerprint density at radius 1 is 1.23 bits per heavy atom. The fourth-order valence-electron chi connectivity index (χ4n) is 2.75. The summed E-state index contributed by atoms with van der Waals surface area (Å²) in [5.41, 5.74) is 10.2. The summed E-state index contributed by atoms with van der Waals surface area (Å²) in [4.78, 5) is 17.7. The molecule has 5 nitrogen and oxygen atoms in total. The van der Waals surface area contributed by atoms with Gasteiger partial charge in [0.2, 0.25) is 5.91 Å². The van der Waals surface area contributed by atoms with E-state index in [9.17, 15) is 4.79 Å². The molecule has 0 atom stereocenters. The van der Waals surface area contributed by atoms with Gasteiger partial charge in [-0.3, -0.25) is 4.79 Å². The minimum Gasteiger partial charge on any atom is -0.370 e. The predicted molar refractivity (Wildman–Crippen MR) is 118 cm³/mol. The zero-order valence-electron chi connectivity index (χ0n) is 15.1. The van der Waals surface area contributed by atoms with Crippen LogP contribution >= 0.6 is 24.0 Å². The van der Waals surface area contributed by atoms with Crippen LogP contribution in [0.1, 0.15) is 37.3 Å². The number of anilines is 2. The molecule has 1 aliphatic heterocycles. The van der Waals surface area contributed by atoms with Crippen molar-refractivity contribution in [3.05, 3.63) is 59.7 Å². The third-order valence-corrected chi connectivity index (χ3v) is 4.33. The highest BCUT2D eigenvalue weighted by Crippen LogP contribution is 2.23. The van der Waals surface area contributed by atoms with Crippen LogP contribution in [0.4, 0.5) is 11.4 Å². The lowest BCUT2D eigenvalue weighted by Crippen LogP contribution is -2.43. The Morgan fingerprint density at radius 2 is 2.00 bits per heavy atom. The first kappa shape index (κ1) is 20.2. The number of halogens is 1. The summed E-state index contributed by atoms with van der Waals surface area (Å²) in [6.07, 6.45) is 0.634. The smallest absolute Gasteiger partial charge is 0.228 e. The molecular formula is C20H25IN4O. The lowest BCUT2D eigenvalue weighted by Gasteiger charge is -2.30. The Bertz CT molecular complexity index is 804. The maximum Gasteiger partial charge on any atom is 0.228 e. The second-order valence-electron chi connectivity index (χ2n) is 6.57. The van der Waals surface area contributed by atoms with Crippen LogP contribution in [-0.4, -0.2) is 18.4 Å². The number of amides is 1. The first-order valence-electron chi connectivity index (χ1n) is 8.59.